The van der Waals surface area contributed by atoms with Crippen LogP contribution in [0.4, 0.5) is 4.39 Å². The van der Waals surface area contributed by atoms with Crippen LogP contribution in [0.25, 0.3) is 11.6 Å². The van der Waals surface area contributed by atoms with E-state index in [1.54, 1.807) is 30.3 Å². The summed E-state index contributed by atoms with van der Waals surface area (Å²) in [5, 5.41) is 9.54. The van der Waals surface area contributed by atoms with Crippen molar-refractivity contribution in [2.75, 3.05) is 6.61 Å². The summed E-state index contributed by atoms with van der Waals surface area (Å²) >= 11 is 3.55. The molecule has 0 spiro atoms. The van der Waals surface area contributed by atoms with Crippen molar-refractivity contribution in [3.8, 4) is 17.6 Å². The van der Waals surface area contributed by atoms with Gasteiger partial charge < -0.3 is 9.47 Å². The first-order chi connectivity index (χ1) is 14.5. The lowest BCUT2D eigenvalue weighted by Gasteiger charge is -2.15. The lowest BCUT2D eigenvalue weighted by molar-refractivity contribution is 0.267. The molecule has 0 aliphatic heterocycles. The van der Waals surface area contributed by atoms with Crippen LogP contribution in [0.1, 0.15) is 29.2 Å². The van der Waals surface area contributed by atoms with Gasteiger partial charge in [0.25, 0.3) is 0 Å². The van der Waals surface area contributed by atoms with Crippen LogP contribution in [-0.4, -0.2) is 6.61 Å². The van der Waals surface area contributed by atoms with Gasteiger partial charge in [0, 0.05) is 5.56 Å². The number of benzene rings is 3. The van der Waals surface area contributed by atoms with Gasteiger partial charge in [0.15, 0.2) is 11.5 Å². The highest BCUT2D eigenvalue weighted by Crippen LogP contribution is 2.38. The van der Waals surface area contributed by atoms with Gasteiger partial charge in [-0.1, -0.05) is 48.0 Å². The fourth-order valence-corrected chi connectivity index (χ4v) is 3.62. The lowest BCUT2D eigenvalue weighted by atomic mass is 10.0. The van der Waals surface area contributed by atoms with Gasteiger partial charge in [-0.2, -0.15) is 5.26 Å². The Bertz CT molecular complexity index is 1120. The molecule has 0 aliphatic carbocycles. The maximum absolute atomic E-state index is 14.1. The smallest absolute Gasteiger partial charge is 0.175 e. The lowest BCUT2D eigenvalue weighted by Crippen LogP contribution is -2.01. The number of ether oxygens (including phenoxy) is 2. The highest BCUT2D eigenvalue weighted by molar-refractivity contribution is 9.10. The molecule has 0 amide bonds. The fourth-order valence-electron chi connectivity index (χ4n) is 3.05. The Morgan fingerprint density at radius 2 is 1.90 bits per heavy atom. The van der Waals surface area contributed by atoms with E-state index in [0.717, 1.165) is 11.1 Å². The summed E-state index contributed by atoms with van der Waals surface area (Å²) in [7, 11) is 0. The average Bonchev–Trinajstić information content (AvgIpc) is 2.72. The molecule has 3 aromatic rings. The molecule has 3 aromatic carbocycles. The Morgan fingerprint density at radius 1 is 1.10 bits per heavy atom. The predicted molar refractivity (Wildman–Crippen MR) is 121 cm³/mol. The maximum atomic E-state index is 14.1. The fraction of sp³-hybridized carbons (Fsp3) is 0.160. The van der Waals surface area contributed by atoms with Crippen molar-refractivity contribution in [3.63, 3.8) is 0 Å². The van der Waals surface area contributed by atoms with Crippen molar-refractivity contribution in [1.82, 2.24) is 0 Å². The Hall–Kier alpha value is -3.10. The Morgan fingerprint density at radius 3 is 2.60 bits per heavy atom. The maximum Gasteiger partial charge on any atom is 0.175 e. The number of hydrogen-bond donors (Lipinski definition) is 0. The van der Waals surface area contributed by atoms with Crippen LogP contribution in [0.15, 0.2) is 65.1 Å². The Balaban J connectivity index is 1.94. The number of rotatable bonds is 7. The van der Waals surface area contributed by atoms with E-state index in [0.29, 0.717) is 34.7 Å². The molecule has 5 heteroatoms. The normalized spacial score (nSPS) is 11.1. The van der Waals surface area contributed by atoms with E-state index in [2.05, 4.69) is 28.1 Å². The van der Waals surface area contributed by atoms with E-state index in [1.165, 1.54) is 6.07 Å². The zero-order valence-corrected chi connectivity index (χ0v) is 18.4. The van der Waals surface area contributed by atoms with Crippen molar-refractivity contribution in [2.24, 2.45) is 0 Å². The number of nitrogens with zero attached hydrogens (tertiary/aromatic N) is 1. The molecular weight excluding hydrogens is 445 g/mol. The van der Waals surface area contributed by atoms with E-state index in [9.17, 15) is 9.65 Å². The second-order valence-corrected chi connectivity index (χ2v) is 7.54. The molecule has 0 unspecified atom stereocenters. The first-order valence-corrected chi connectivity index (χ1v) is 10.3. The van der Waals surface area contributed by atoms with Crippen LogP contribution < -0.4 is 9.47 Å². The van der Waals surface area contributed by atoms with E-state index in [4.69, 9.17) is 9.47 Å². The van der Waals surface area contributed by atoms with Gasteiger partial charge in [0.05, 0.1) is 22.7 Å². The minimum Gasteiger partial charge on any atom is -0.490 e. The van der Waals surface area contributed by atoms with E-state index in [1.807, 2.05) is 38.1 Å². The third-order valence-electron chi connectivity index (χ3n) is 4.39. The molecule has 152 valence electrons. The first-order valence-electron chi connectivity index (χ1n) is 9.53. The summed E-state index contributed by atoms with van der Waals surface area (Å²) in [4.78, 5) is 0. The molecule has 0 N–H and O–H groups in total. The van der Waals surface area contributed by atoms with E-state index >= 15 is 0 Å². The van der Waals surface area contributed by atoms with Crippen LogP contribution in [-0.2, 0) is 6.61 Å². The third-order valence-corrected chi connectivity index (χ3v) is 4.98. The molecule has 0 aromatic heterocycles. The SMILES string of the molecule is CCOc1cc(/C=C(/C#N)c2ccccc2F)cc(Br)c1OCc1cccc(C)c1. The quantitative estimate of drug-likeness (QED) is 0.280. The summed E-state index contributed by atoms with van der Waals surface area (Å²) in [6.07, 6.45) is 1.63. The van der Waals surface area contributed by atoms with Crippen LogP contribution in [0.3, 0.4) is 0 Å². The van der Waals surface area contributed by atoms with Crippen molar-refractivity contribution >= 4 is 27.6 Å². The highest BCUT2D eigenvalue weighted by Gasteiger charge is 2.14. The third kappa shape index (κ3) is 5.28. The highest BCUT2D eigenvalue weighted by atomic mass is 79.9. The molecule has 0 radical (unpaired) electrons. The van der Waals surface area contributed by atoms with Crippen LogP contribution >= 0.6 is 15.9 Å². The van der Waals surface area contributed by atoms with Crippen molar-refractivity contribution in [3.05, 3.63) is 93.2 Å². The van der Waals surface area contributed by atoms with Gasteiger partial charge in [-0.15, -0.1) is 0 Å². The molecular formula is C25H21BrFNO2. The standard InChI is InChI=1S/C25H21BrFNO2/c1-3-29-24-14-19(12-20(15-28)21-9-4-5-10-23(21)27)13-22(26)25(24)30-16-18-8-6-7-17(2)11-18/h4-14H,3,16H2,1-2H3/b20-12-. The molecule has 0 atom stereocenters. The van der Waals surface area contributed by atoms with Crippen molar-refractivity contribution in [1.29, 1.82) is 5.26 Å². The number of allylic oxidation sites excluding steroid dienone is 1. The number of aryl methyl sites for hydroxylation is 1. The van der Waals surface area contributed by atoms with Gasteiger partial charge in [0.2, 0.25) is 0 Å². The zero-order chi connectivity index (χ0) is 21.5. The molecule has 0 aliphatic rings. The second-order valence-electron chi connectivity index (χ2n) is 6.69. The molecule has 30 heavy (non-hydrogen) atoms. The largest absolute Gasteiger partial charge is 0.490 e. The van der Waals surface area contributed by atoms with Gasteiger partial charge in [-0.25, -0.2) is 4.39 Å². The number of hydrogen-bond acceptors (Lipinski definition) is 3. The monoisotopic (exact) mass is 465 g/mol. The van der Waals surface area contributed by atoms with Crippen molar-refractivity contribution in [2.45, 2.75) is 20.5 Å². The average molecular weight is 466 g/mol. The van der Waals surface area contributed by atoms with Crippen LogP contribution in [0.2, 0.25) is 0 Å². The molecule has 0 saturated carbocycles. The van der Waals surface area contributed by atoms with Crippen LogP contribution in [0.5, 0.6) is 11.5 Å². The topological polar surface area (TPSA) is 42.2 Å². The summed E-state index contributed by atoms with van der Waals surface area (Å²) in [6.45, 7) is 4.78. The minimum atomic E-state index is -0.437. The van der Waals surface area contributed by atoms with E-state index < -0.39 is 5.82 Å². The first kappa shape index (κ1) is 21.6. The molecule has 0 heterocycles. The Labute approximate surface area is 184 Å². The summed E-state index contributed by atoms with van der Waals surface area (Å²) in [5.41, 5.74) is 3.41. The van der Waals surface area contributed by atoms with Crippen LogP contribution in [0, 0.1) is 24.1 Å². The van der Waals surface area contributed by atoms with Gasteiger partial charge in [0.1, 0.15) is 12.4 Å². The molecule has 3 nitrogen and oxygen atoms in total. The number of halogens is 2. The minimum absolute atomic E-state index is 0.232. The summed E-state index contributed by atoms with van der Waals surface area (Å²) < 4.78 is 26.6. The van der Waals surface area contributed by atoms with Gasteiger partial charge >= 0.3 is 0 Å². The molecule has 0 fully saturated rings. The molecule has 0 saturated heterocycles. The number of nitriles is 1. The van der Waals surface area contributed by atoms with Gasteiger partial charge in [-0.3, -0.25) is 0 Å². The summed E-state index contributed by atoms with van der Waals surface area (Å²) in [6, 6.07) is 20.0. The van der Waals surface area contributed by atoms with Crippen molar-refractivity contribution < 1.29 is 13.9 Å². The second kappa shape index (κ2) is 10.1. The molecule has 3 rings (SSSR count). The van der Waals surface area contributed by atoms with E-state index in [-0.39, 0.29) is 11.1 Å². The zero-order valence-electron chi connectivity index (χ0n) is 16.8. The Kier molecular flexibility index (Phi) is 7.26. The van der Waals surface area contributed by atoms with Gasteiger partial charge in [-0.05, 0) is 65.2 Å². The molecule has 0 bridgehead atoms. The predicted octanol–water partition coefficient (Wildman–Crippen LogP) is 6.94. The summed E-state index contributed by atoms with van der Waals surface area (Å²) in [5.74, 6) is 0.698.